The van der Waals surface area contributed by atoms with Crippen molar-refractivity contribution < 1.29 is 9.47 Å². The molecule has 8 atom stereocenters. The number of benzene rings is 1. The maximum absolute atomic E-state index is 7.51. The molecule has 0 amide bonds. The normalized spacial score (nSPS) is 39.2. The highest BCUT2D eigenvalue weighted by atomic mass is 32.2. The summed E-state index contributed by atoms with van der Waals surface area (Å²) in [5.41, 5.74) is 8.61. The van der Waals surface area contributed by atoms with E-state index in [2.05, 4.69) is 94.4 Å². The first-order valence-corrected chi connectivity index (χ1v) is 17.8. The number of hydrogen-bond donors (Lipinski definition) is 0. The Morgan fingerprint density at radius 3 is 2.76 bits per heavy atom. The van der Waals surface area contributed by atoms with Crippen LogP contribution in [0.1, 0.15) is 51.4 Å². The molecular formula is C36H36N2O2S2. The summed E-state index contributed by atoms with van der Waals surface area (Å²) in [6.45, 7) is 0. The highest BCUT2D eigenvalue weighted by molar-refractivity contribution is 8.01. The third kappa shape index (κ3) is 3.53. The molecule has 4 heterocycles. The van der Waals surface area contributed by atoms with Crippen molar-refractivity contribution in [1.29, 1.82) is 0 Å². The minimum Gasteiger partial charge on any atom is -0.465 e. The second-order valence-electron chi connectivity index (χ2n) is 13.0. The van der Waals surface area contributed by atoms with Gasteiger partial charge in [0.2, 0.25) is 6.23 Å². The summed E-state index contributed by atoms with van der Waals surface area (Å²) >= 11 is 4.20. The Kier molecular flexibility index (Phi) is 5.69. The first-order chi connectivity index (χ1) is 20.8. The fraction of sp³-hybridized carbons (Fsp3) is 0.444. The summed E-state index contributed by atoms with van der Waals surface area (Å²) in [5.74, 6) is 1.53. The van der Waals surface area contributed by atoms with Crippen LogP contribution in [0.15, 0.2) is 111 Å². The number of thioether (sulfide) groups is 2. The van der Waals surface area contributed by atoms with Crippen molar-refractivity contribution in [3.63, 3.8) is 0 Å². The maximum Gasteiger partial charge on any atom is 0.213 e. The average Bonchev–Trinajstić information content (AvgIpc) is 3.63. The lowest BCUT2D eigenvalue weighted by molar-refractivity contribution is -0.209. The van der Waals surface area contributed by atoms with Gasteiger partial charge in [-0.05, 0) is 74.6 Å². The lowest BCUT2D eigenvalue weighted by Crippen LogP contribution is -2.66. The van der Waals surface area contributed by atoms with E-state index in [0.29, 0.717) is 22.6 Å². The lowest BCUT2D eigenvalue weighted by Gasteiger charge is -2.54. The number of allylic oxidation sites excluding steroid dienone is 8. The molecule has 0 saturated carbocycles. The van der Waals surface area contributed by atoms with E-state index < -0.39 is 0 Å². The van der Waals surface area contributed by atoms with Gasteiger partial charge in [-0.3, -0.25) is 4.90 Å². The second-order valence-corrected chi connectivity index (χ2v) is 15.4. The number of fused-ring (bicyclic) bond motifs is 11. The largest absolute Gasteiger partial charge is 0.465 e. The van der Waals surface area contributed by atoms with E-state index in [1.807, 2.05) is 11.8 Å². The number of para-hydroxylation sites is 1. The van der Waals surface area contributed by atoms with E-state index in [9.17, 15) is 0 Å². The summed E-state index contributed by atoms with van der Waals surface area (Å²) in [6, 6.07) is 9.47. The van der Waals surface area contributed by atoms with Gasteiger partial charge >= 0.3 is 0 Å². The average molecular weight is 593 g/mol. The van der Waals surface area contributed by atoms with Crippen LogP contribution in [0.3, 0.4) is 0 Å². The van der Waals surface area contributed by atoms with Crippen LogP contribution in [0.4, 0.5) is 5.69 Å². The van der Waals surface area contributed by atoms with Crippen LogP contribution in [0.2, 0.25) is 0 Å². The van der Waals surface area contributed by atoms with Gasteiger partial charge in [0.05, 0.1) is 17.2 Å². The van der Waals surface area contributed by atoms with Crippen molar-refractivity contribution in [2.75, 3.05) is 4.90 Å². The van der Waals surface area contributed by atoms with Gasteiger partial charge in [-0.25, -0.2) is 0 Å². The van der Waals surface area contributed by atoms with Crippen LogP contribution in [0, 0.1) is 5.92 Å². The fourth-order valence-electron chi connectivity index (χ4n) is 8.97. The van der Waals surface area contributed by atoms with Crippen LogP contribution in [0.25, 0.3) is 0 Å². The first-order valence-electron chi connectivity index (χ1n) is 16.0. The predicted octanol–water partition coefficient (Wildman–Crippen LogP) is 8.00. The summed E-state index contributed by atoms with van der Waals surface area (Å²) in [6.07, 6.45) is 28.0. The van der Waals surface area contributed by atoms with Gasteiger partial charge in [0.1, 0.15) is 11.1 Å². The quantitative estimate of drug-likeness (QED) is 0.307. The molecule has 42 heavy (non-hydrogen) atoms. The van der Waals surface area contributed by atoms with Gasteiger partial charge in [0, 0.05) is 33.3 Å². The smallest absolute Gasteiger partial charge is 0.213 e. The Bertz CT molecular complexity index is 1580. The number of anilines is 1. The Labute approximate surface area is 256 Å². The van der Waals surface area contributed by atoms with Crippen molar-refractivity contribution in [1.82, 2.24) is 4.90 Å². The predicted molar refractivity (Wildman–Crippen MR) is 171 cm³/mol. The van der Waals surface area contributed by atoms with Crippen LogP contribution in [-0.2, 0) is 9.47 Å². The van der Waals surface area contributed by atoms with E-state index in [0.717, 1.165) is 44.3 Å². The molecule has 6 heteroatoms. The van der Waals surface area contributed by atoms with Gasteiger partial charge in [0.25, 0.3) is 0 Å². The monoisotopic (exact) mass is 592 g/mol. The molecule has 2 fully saturated rings. The van der Waals surface area contributed by atoms with Gasteiger partial charge in [-0.15, -0.1) is 11.8 Å². The number of hydrogen-bond acceptors (Lipinski definition) is 6. The Hall–Kier alpha value is -2.38. The molecule has 1 aromatic carbocycles. The molecule has 0 N–H and O–H groups in total. The summed E-state index contributed by atoms with van der Waals surface area (Å²) < 4.78 is 14.9. The molecule has 4 aliphatic heterocycles. The van der Waals surface area contributed by atoms with E-state index >= 15 is 0 Å². The first kappa shape index (κ1) is 25.0. The molecule has 4 nitrogen and oxygen atoms in total. The molecule has 0 bridgehead atoms. The molecule has 0 aromatic heterocycles. The Morgan fingerprint density at radius 2 is 1.76 bits per heavy atom. The van der Waals surface area contributed by atoms with Gasteiger partial charge in [-0.2, -0.15) is 0 Å². The lowest BCUT2D eigenvalue weighted by atomic mass is 9.80. The Balaban J connectivity index is 1.13. The summed E-state index contributed by atoms with van der Waals surface area (Å²) in [7, 11) is 0. The van der Waals surface area contributed by atoms with Crippen molar-refractivity contribution in [2.45, 2.75) is 96.9 Å². The summed E-state index contributed by atoms with van der Waals surface area (Å²) in [5, 5.41) is 1.17. The van der Waals surface area contributed by atoms with E-state index in [4.69, 9.17) is 9.47 Å². The minimum atomic E-state index is -0.199. The molecule has 2 saturated heterocycles. The third-order valence-electron chi connectivity index (χ3n) is 10.9. The molecule has 10 rings (SSSR count). The van der Waals surface area contributed by atoms with Crippen LogP contribution >= 0.6 is 23.5 Å². The van der Waals surface area contributed by atoms with Gasteiger partial charge < -0.3 is 14.4 Å². The molecule has 214 valence electrons. The number of rotatable bonds is 1. The topological polar surface area (TPSA) is 24.9 Å². The molecule has 1 aromatic rings. The fourth-order valence-corrected chi connectivity index (χ4v) is 12.2. The zero-order valence-corrected chi connectivity index (χ0v) is 25.4. The van der Waals surface area contributed by atoms with Crippen LogP contribution < -0.4 is 4.90 Å². The zero-order chi connectivity index (χ0) is 27.4. The molecule has 5 aliphatic carbocycles. The van der Waals surface area contributed by atoms with E-state index in [1.54, 1.807) is 5.57 Å². The van der Waals surface area contributed by atoms with E-state index in [1.165, 1.54) is 45.7 Å². The van der Waals surface area contributed by atoms with Crippen LogP contribution in [-0.4, -0.2) is 45.5 Å². The van der Waals surface area contributed by atoms with Gasteiger partial charge in [0.15, 0.2) is 6.23 Å². The highest BCUT2D eigenvalue weighted by Crippen LogP contribution is 2.58. The zero-order valence-electron chi connectivity index (χ0n) is 23.7. The Morgan fingerprint density at radius 1 is 0.833 bits per heavy atom. The highest BCUT2D eigenvalue weighted by Gasteiger charge is 2.59. The summed E-state index contributed by atoms with van der Waals surface area (Å²) in [4.78, 5) is 6.76. The van der Waals surface area contributed by atoms with Crippen LogP contribution in [0.5, 0.6) is 0 Å². The minimum absolute atomic E-state index is 0.108. The van der Waals surface area contributed by atoms with Crippen molar-refractivity contribution >= 4 is 29.2 Å². The molecule has 0 spiro atoms. The molecule has 6 unspecified atom stereocenters. The van der Waals surface area contributed by atoms with Gasteiger partial charge in [-0.1, -0.05) is 78.1 Å². The standard InChI is InChI=1S/C36H36N2O2S2/c1-3-11-23-21(9-1)17-19-25-31(23)39-33(37-27-13-5-7-15-29(27)41-35(25)37)34-38-28-14-6-8-16-30(28)42-36(38)26-20-18-22-10-2-4-12-24(22)32(26)40-34/h1,4,6-9,12,14-17,19,25,27,29,31,33-36H,2-3,5,10-11,13,18,20H2/t25?,27?,29?,31?,33-,34-,35?,36?/m1/s1. The third-order valence-corrected chi connectivity index (χ3v) is 13.8. The van der Waals surface area contributed by atoms with Crippen molar-refractivity contribution in [3.05, 3.63) is 106 Å². The van der Waals surface area contributed by atoms with Crippen molar-refractivity contribution in [3.8, 4) is 0 Å². The van der Waals surface area contributed by atoms with E-state index in [-0.39, 0.29) is 23.9 Å². The molecule has 0 radical (unpaired) electrons. The molecular weight excluding hydrogens is 557 g/mol. The number of ether oxygens (including phenoxy) is 2. The SMILES string of the molecule is C1=CC2=C(CC1)CCC1=C2O[C@H]([C@H]2OC3C4=C(C=CCC4)C=CC3C3SC4C=CCCC4N32)N2c3ccccc3SC12. The number of nitrogens with zero attached hydrogens (tertiary/aromatic N) is 2. The van der Waals surface area contributed by atoms with Crippen molar-refractivity contribution in [2.24, 2.45) is 5.92 Å². The second kappa shape index (κ2) is 9.56. The molecule has 9 aliphatic rings. The maximum atomic E-state index is 7.51.